The second-order valence-electron chi connectivity index (χ2n) is 12.5. The number of hydrogen-bond donors (Lipinski definition) is 2. The number of nitrogens with zero attached hydrogens (tertiary/aromatic N) is 8. The Hall–Kier alpha value is -6.47. The van der Waals surface area contributed by atoms with Crippen LogP contribution in [0.25, 0.3) is 89.7 Å². The van der Waals surface area contributed by atoms with E-state index in [9.17, 15) is 9.59 Å². The monoisotopic (exact) mass is 892 g/mol. The average molecular weight is 891 g/mol. The molecule has 2 N–H and O–H groups in total. The van der Waals surface area contributed by atoms with Gasteiger partial charge in [-0.15, -0.1) is 0 Å². The number of allylic oxidation sites excluding steroid dienone is 4. The van der Waals surface area contributed by atoms with Gasteiger partial charge in [0.25, 0.3) is 0 Å². The van der Waals surface area contributed by atoms with Gasteiger partial charge >= 0.3 is 0 Å². The summed E-state index contributed by atoms with van der Waals surface area (Å²) in [5.74, 6) is 2.08. The molecule has 0 atom stereocenters. The molecule has 0 fully saturated rings. The van der Waals surface area contributed by atoms with Crippen LogP contribution in [0.2, 0.25) is 0 Å². The minimum Gasteiger partial charge on any atom is -0.512 e. The third-order valence-corrected chi connectivity index (χ3v) is 8.15. The Morgan fingerprint density at radius 3 is 0.873 bits per heavy atom. The molecule has 0 saturated carbocycles. The molecule has 0 radical (unpaired) electrons. The molecule has 3 aromatic heterocycles. The first-order valence-electron chi connectivity index (χ1n) is 16.9. The van der Waals surface area contributed by atoms with Crippen LogP contribution in [0.1, 0.15) is 27.7 Å². The van der Waals surface area contributed by atoms with E-state index in [0.29, 0.717) is 45.9 Å². The number of aliphatic hydroxyl groups is 2. The molecule has 0 unspecified atom stereocenters. The van der Waals surface area contributed by atoms with Crippen LogP contribution in [-0.4, -0.2) is 51.7 Å². The molecule has 4 aromatic carbocycles. The molecule has 55 heavy (non-hydrogen) atoms. The summed E-state index contributed by atoms with van der Waals surface area (Å²) in [7, 11) is 0. The summed E-state index contributed by atoms with van der Waals surface area (Å²) in [5, 5.41) is 20.3. The molecule has 2 aliphatic heterocycles. The van der Waals surface area contributed by atoms with Crippen molar-refractivity contribution in [3.8, 4) is 45.6 Å². The largest absolute Gasteiger partial charge is 0.512 e. The summed E-state index contributed by atoms with van der Waals surface area (Å²) in [6.45, 7) is 5.70. The molecule has 8 bridgehead atoms. The predicted octanol–water partition coefficient (Wildman–Crippen LogP) is 8.20. The number of hydrogen-bond acceptors (Lipinski definition) is 10. The van der Waals surface area contributed by atoms with Crippen LogP contribution in [0.3, 0.4) is 0 Å². The summed E-state index contributed by atoms with van der Waals surface area (Å²) >= 11 is 0. The quantitative estimate of drug-likeness (QED) is 0.0967. The topological polar surface area (TPSA) is 180 Å². The second-order valence-corrected chi connectivity index (χ2v) is 12.5. The van der Waals surface area contributed by atoms with Gasteiger partial charge in [0.1, 0.15) is 0 Å². The van der Waals surface area contributed by atoms with E-state index in [0.717, 1.165) is 43.8 Å². The first kappa shape index (κ1) is 38.3. The van der Waals surface area contributed by atoms with Gasteiger partial charge in [-0.2, -0.15) is 0 Å². The summed E-state index contributed by atoms with van der Waals surface area (Å²) in [5.41, 5.74) is 5.78. The molecule has 2 aliphatic rings. The number of carbonyl (C=O) groups is 2. The molecule has 9 rings (SSSR count). The van der Waals surface area contributed by atoms with Gasteiger partial charge in [0.15, 0.2) is 11.6 Å². The molecule has 0 aliphatic carbocycles. The number of fused-ring (bicyclic) bond motifs is 20. The number of benzene rings is 4. The van der Waals surface area contributed by atoms with Gasteiger partial charge in [-0.25, -0.2) is 9.97 Å². The fourth-order valence-electron chi connectivity index (χ4n) is 6.05. The van der Waals surface area contributed by atoms with Crippen LogP contribution < -0.4 is 9.97 Å². The number of aliphatic hydroxyl groups excluding tert-OH is 2. The number of aromatic nitrogens is 8. The van der Waals surface area contributed by atoms with E-state index in [4.69, 9.17) is 50.1 Å². The van der Waals surface area contributed by atoms with E-state index in [1.54, 1.807) is 0 Å². The fourth-order valence-corrected chi connectivity index (χ4v) is 6.05. The Kier molecular flexibility index (Phi) is 11.3. The summed E-state index contributed by atoms with van der Waals surface area (Å²) < 4.78 is 0. The minimum absolute atomic E-state index is 0. The van der Waals surface area contributed by atoms with Crippen LogP contribution in [0.5, 0.6) is 0 Å². The van der Waals surface area contributed by atoms with Crippen molar-refractivity contribution >= 4 is 55.7 Å². The number of rotatable bonds is 2. The first-order valence-corrected chi connectivity index (χ1v) is 16.9. The molecule has 5 heterocycles. The van der Waals surface area contributed by atoms with Gasteiger partial charge in [0.2, 0.25) is 0 Å². The molecule has 0 spiro atoms. The van der Waals surface area contributed by atoms with E-state index >= 15 is 0 Å². The van der Waals surface area contributed by atoms with Crippen molar-refractivity contribution in [3.63, 3.8) is 0 Å². The predicted molar refractivity (Wildman–Crippen MR) is 208 cm³/mol. The van der Waals surface area contributed by atoms with Crippen molar-refractivity contribution in [2.75, 3.05) is 0 Å². The molecule has 12 nitrogen and oxygen atoms in total. The van der Waals surface area contributed by atoms with Crippen molar-refractivity contribution < 1.29 is 45.6 Å². The molecule has 270 valence electrons. The van der Waals surface area contributed by atoms with E-state index in [2.05, 4.69) is 0 Å². The second kappa shape index (κ2) is 16.3. The van der Waals surface area contributed by atoms with Gasteiger partial charge in [0.05, 0.1) is 34.8 Å². The third kappa shape index (κ3) is 8.21. The van der Waals surface area contributed by atoms with Gasteiger partial charge in [-0.1, -0.05) is 97.1 Å². The Morgan fingerprint density at radius 2 is 0.673 bits per heavy atom. The Labute approximate surface area is 333 Å². The van der Waals surface area contributed by atoms with Crippen molar-refractivity contribution in [1.82, 2.24) is 39.9 Å². The SMILES string of the molecule is CC(=O)C=C(C)O.CC(=O)C=C(C)O.[Hf].c1ccc2c(c1)-c1nc-2nc2[n-]c(nc3nc(nc4[n-]c(n1)c1ccccc41)-c1ccccc1-3)c1ccccc21. The number of carbonyl (C=O) groups excluding carboxylic acids is 2. The van der Waals surface area contributed by atoms with Crippen molar-refractivity contribution in [3.05, 3.63) is 121 Å². The zero-order valence-electron chi connectivity index (χ0n) is 30.2. The van der Waals surface area contributed by atoms with Gasteiger partial charge < -0.3 is 40.1 Å². The van der Waals surface area contributed by atoms with E-state index < -0.39 is 0 Å². The normalized spacial score (nSPS) is 11.6. The van der Waals surface area contributed by atoms with Crippen LogP contribution >= 0.6 is 0 Å². The molecular formula is C42H32HfN8O4-2. The van der Waals surface area contributed by atoms with Crippen LogP contribution in [0.15, 0.2) is 121 Å². The molecular weight excluding hydrogens is 859 g/mol. The fraction of sp³-hybridized carbons (Fsp3) is 0.0952. The van der Waals surface area contributed by atoms with E-state index in [-0.39, 0.29) is 48.9 Å². The first-order chi connectivity index (χ1) is 26.0. The van der Waals surface area contributed by atoms with E-state index in [1.807, 2.05) is 97.1 Å². The molecule has 7 aromatic rings. The maximum atomic E-state index is 10.0. The Morgan fingerprint density at radius 1 is 0.436 bits per heavy atom. The summed E-state index contributed by atoms with van der Waals surface area (Å²) in [4.78, 5) is 59.3. The van der Waals surface area contributed by atoms with Crippen LogP contribution in [0.4, 0.5) is 0 Å². The standard InChI is InChI=1S/C32H16N8.2C5H8O2.Hf/c1-2-10-18-17(9-1)25-33-26(18)38-28-21-13-5-6-14-22(21)30(35-28)40-32-24-16-8-7-15-23(24)31(36-32)39-29-20-12-4-3-11-19(20)27(34-29)37-25;2*1-4(6)3-5(2)7;/h1-16H;2*3,6H,1-2H3;/q-2;;;. The van der Waals surface area contributed by atoms with Gasteiger partial charge in [0, 0.05) is 82.8 Å². The number of ketones is 2. The molecule has 0 amide bonds. The van der Waals surface area contributed by atoms with Crippen molar-refractivity contribution in [1.29, 1.82) is 0 Å². The Bertz CT molecular complexity index is 2500. The maximum absolute atomic E-state index is 10.0. The van der Waals surface area contributed by atoms with Crippen LogP contribution in [-0.2, 0) is 35.4 Å². The van der Waals surface area contributed by atoms with Crippen molar-refractivity contribution in [2.24, 2.45) is 0 Å². The summed E-state index contributed by atoms with van der Waals surface area (Å²) in [6, 6.07) is 31.8. The average Bonchev–Trinajstić information content (AvgIpc) is 3.87. The molecule has 0 saturated heterocycles. The van der Waals surface area contributed by atoms with Gasteiger partial charge in [-0.3, -0.25) is 9.59 Å². The maximum Gasteiger partial charge on any atom is 0.155 e. The minimum atomic E-state index is -0.125. The van der Waals surface area contributed by atoms with E-state index in [1.165, 1.54) is 39.8 Å². The molecule has 13 heteroatoms. The van der Waals surface area contributed by atoms with Crippen molar-refractivity contribution in [2.45, 2.75) is 27.7 Å². The Balaban J connectivity index is 0.000000296. The third-order valence-electron chi connectivity index (χ3n) is 8.15. The smallest absolute Gasteiger partial charge is 0.155 e. The summed E-state index contributed by atoms with van der Waals surface area (Å²) in [6.07, 6.45) is 2.33. The zero-order chi connectivity index (χ0) is 37.9. The van der Waals surface area contributed by atoms with Crippen LogP contribution in [0, 0.1) is 0 Å². The van der Waals surface area contributed by atoms with Gasteiger partial charge in [-0.05, 0) is 49.2 Å². The zero-order valence-corrected chi connectivity index (χ0v) is 33.8.